The van der Waals surface area contributed by atoms with Crippen LogP contribution in [0.1, 0.15) is 0 Å². The number of imidazole rings is 1. The van der Waals surface area contributed by atoms with Crippen LogP contribution >= 0.6 is 0 Å². The van der Waals surface area contributed by atoms with E-state index in [-0.39, 0.29) is 0 Å². The van der Waals surface area contributed by atoms with Crippen LogP contribution in [0.4, 0.5) is 0 Å². The van der Waals surface area contributed by atoms with E-state index in [0.717, 1.165) is 44.1 Å². The standard InChI is InChI=1S/C25H14N2O/c1-2-8-16-15(7-1)23-20(27-19-11-5-4-10-18(19)26-25(16)27)13-14-22-24(23)17-9-3-6-12-21(17)28-22/h1-14H. The van der Waals surface area contributed by atoms with E-state index in [1.54, 1.807) is 0 Å². The van der Waals surface area contributed by atoms with Crippen LogP contribution in [-0.4, -0.2) is 9.38 Å². The second-order valence-corrected chi connectivity index (χ2v) is 7.24. The summed E-state index contributed by atoms with van der Waals surface area (Å²) in [6.45, 7) is 0. The number of hydrogen-bond acceptors (Lipinski definition) is 2. The second kappa shape index (κ2) is 4.90. The van der Waals surface area contributed by atoms with Gasteiger partial charge in [-0.3, -0.25) is 4.40 Å². The molecule has 4 aromatic carbocycles. The fraction of sp³-hybridized carbons (Fsp3) is 0. The first-order valence-electron chi connectivity index (χ1n) is 9.42. The van der Waals surface area contributed by atoms with Gasteiger partial charge in [-0.25, -0.2) is 4.98 Å². The van der Waals surface area contributed by atoms with Crippen LogP contribution in [0, 0.1) is 0 Å². The van der Waals surface area contributed by atoms with Gasteiger partial charge < -0.3 is 4.42 Å². The number of rotatable bonds is 0. The minimum Gasteiger partial charge on any atom is -0.456 e. The average Bonchev–Trinajstić information content (AvgIpc) is 3.32. The molecule has 0 bridgehead atoms. The number of furan rings is 1. The Morgan fingerprint density at radius 3 is 2.25 bits per heavy atom. The summed E-state index contributed by atoms with van der Waals surface area (Å²) in [6, 6.07) is 29.4. The van der Waals surface area contributed by atoms with Gasteiger partial charge in [0.25, 0.3) is 0 Å². The lowest BCUT2D eigenvalue weighted by atomic mass is 10.0. The van der Waals surface area contributed by atoms with Crippen molar-refractivity contribution in [1.29, 1.82) is 0 Å². The molecule has 0 saturated heterocycles. The van der Waals surface area contributed by atoms with E-state index < -0.39 is 0 Å². The van der Waals surface area contributed by atoms with Crippen LogP contribution < -0.4 is 0 Å². The Balaban J connectivity index is 1.92. The highest BCUT2D eigenvalue weighted by atomic mass is 16.3. The summed E-state index contributed by atoms with van der Waals surface area (Å²) >= 11 is 0. The van der Waals surface area contributed by atoms with Crippen LogP contribution in [0.2, 0.25) is 0 Å². The Labute approximate surface area is 159 Å². The van der Waals surface area contributed by atoms with Crippen LogP contribution in [0.5, 0.6) is 0 Å². The maximum Gasteiger partial charge on any atom is 0.146 e. The molecule has 0 spiro atoms. The van der Waals surface area contributed by atoms with E-state index in [1.807, 2.05) is 18.2 Å². The predicted molar refractivity (Wildman–Crippen MR) is 115 cm³/mol. The molecule has 0 aliphatic heterocycles. The van der Waals surface area contributed by atoms with Crippen LogP contribution in [0.25, 0.3) is 60.3 Å². The molecule has 3 nitrogen and oxygen atoms in total. The van der Waals surface area contributed by atoms with Gasteiger partial charge in [0.2, 0.25) is 0 Å². The molecule has 7 rings (SSSR count). The first-order valence-corrected chi connectivity index (χ1v) is 9.42. The summed E-state index contributed by atoms with van der Waals surface area (Å²) in [5.74, 6) is 0. The van der Waals surface area contributed by atoms with Crippen molar-refractivity contribution in [2.45, 2.75) is 0 Å². The first kappa shape index (κ1) is 14.2. The van der Waals surface area contributed by atoms with E-state index in [0.29, 0.717) is 0 Å². The molecule has 0 radical (unpaired) electrons. The maximum absolute atomic E-state index is 6.17. The van der Waals surface area contributed by atoms with E-state index in [9.17, 15) is 0 Å². The molecule has 0 N–H and O–H groups in total. The number of benzene rings is 4. The fourth-order valence-electron chi connectivity index (χ4n) is 4.61. The van der Waals surface area contributed by atoms with Crippen LogP contribution in [-0.2, 0) is 0 Å². The Morgan fingerprint density at radius 2 is 1.32 bits per heavy atom. The van der Waals surface area contributed by atoms with E-state index in [1.165, 1.54) is 16.2 Å². The predicted octanol–water partition coefficient (Wildman–Crippen LogP) is 6.69. The van der Waals surface area contributed by atoms with Crippen molar-refractivity contribution < 1.29 is 4.42 Å². The quantitative estimate of drug-likeness (QED) is 0.283. The lowest BCUT2D eigenvalue weighted by Gasteiger charge is -2.10. The lowest BCUT2D eigenvalue weighted by Crippen LogP contribution is -1.91. The van der Waals surface area contributed by atoms with Crippen molar-refractivity contribution in [3.05, 3.63) is 84.9 Å². The van der Waals surface area contributed by atoms with Crippen LogP contribution in [0.3, 0.4) is 0 Å². The third-order valence-corrected chi connectivity index (χ3v) is 5.76. The SMILES string of the molecule is c1ccc2c(c1)nc1c3ccccc3c3c4c(ccc3n21)oc1ccccc14. The largest absolute Gasteiger partial charge is 0.456 e. The van der Waals surface area contributed by atoms with Gasteiger partial charge >= 0.3 is 0 Å². The lowest BCUT2D eigenvalue weighted by molar-refractivity contribution is 0.669. The summed E-state index contributed by atoms with van der Waals surface area (Å²) in [5, 5.41) is 5.90. The minimum atomic E-state index is 0.919. The highest BCUT2D eigenvalue weighted by Crippen LogP contribution is 2.40. The number of fused-ring (bicyclic) bond motifs is 12. The maximum atomic E-state index is 6.17. The van der Waals surface area contributed by atoms with Crippen molar-refractivity contribution >= 4 is 60.3 Å². The van der Waals surface area contributed by atoms with Gasteiger partial charge in [0, 0.05) is 21.5 Å². The zero-order valence-electron chi connectivity index (χ0n) is 14.9. The van der Waals surface area contributed by atoms with Crippen molar-refractivity contribution in [2.24, 2.45) is 0 Å². The molecule has 0 unspecified atom stereocenters. The summed E-state index contributed by atoms with van der Waals surface area (Å²) in [4.78, 5) is 4.96. The Kier molecular flexibility index (Phi) is 2.49. The van der Waals surface area contributed by atoms with Crippen molar-refractivity contribution in [3.63, 3.8) is 0 Å². The Hall–Kier alpha value is -3.85. The van der Waals surface area contributed by atoms with Crippen molar-refractivity contribution in [1.82, 2.24) is 9.38 Å². The molecular weight excluding hydrogens is 344 g/mol. The topological polar surface area (TPSA) is 30.4 Å². The smallest absolute Gasteiger partial charge is 0.146 e. The van der Waals surface area contributed by atoms with Gasteiger partial charge in [-0.1, -0.05) is 54.6 Å². The number of para-hydroxylation sites is 3. The van der Waals surface area contributed by atoms with Gasteiger partial charge in [0.15, 0.2) is 0 Å². The third kappa shape index (κ3) is 1.62. The molecule has 0 fully saturated rings. The number of nitrogens with zero attached hydrogens (tertiary/aromatic N) is 2. The van der Waals surface area contributed by atoms with Gasteiger partial charge in [-0.15, -0.1) is 0 Å². The minimum absolute atomic E-state index is 0.919. The average molecular weight is 358 g/mol. The van der Waals surface area contributed by atoms with E-state index >= 15 is 0 Å². The molecule has 3 heterocycles. The summed E-state index contributed by atoms with van der Waals surface area (Å²) in [6.07, 6.45) is 0. The monoisotopic (exact) mass is 358 g/mol. The Morgan fingerprint density at radius 1 is 0.571 bits per heavy atom. The number of pyridine rings is 1. The molecule has 0 atom stereocenters. The van der Waals surface area contributed by atoms with E-state index in [4.69, 9.17) is 9.40 Å². The van der Waals surface area contributed by atoms with Gasteiger partial charge in [-0.05, 0) is 35.7 Å². The second-order valence-electron chi connectivity index (χ2n) is 7.24. The van der Waals surface area contributed by atoms with E-state index in [2.05, 4.69) is 71.1 Å². The van der Waals surface area contributed by atoms with Crippen molar-refractivity contribution in [2.75, 3.05) is 0 Å². The number of hydrogen-bond donors (Lipinski definition) is 0. The highest BCUT2D eigenvalue weighted by Gasteiger charge is 2.17. The normalized spacial score (nSPS) is 12.3. The molecule has 3 heteroatoms. The molecular formula is C25H14N2O. The molecule has 3 aromatic heterocycles. The summed E-state index contributed by atoms with van der Waals surface area (Å²) < 4.78 is 8.45. The number of aromatic nitrogens is 2. The molecule has 0 aliphatic rings. The van der Waals surface area contributed by atoms with Crippen molar-refractivity contribution in [3.8, 4) is 0 Å². The van der Waals surface area contributed by atoms with Gasteiger partial charge in [-0.2, -0.15) is 0 Å². The molecule has 7 aromatic rings. The molecule has 130 valence electrons. The molecule has 0 amide bonds. The van der Waals surface area contributed by atoms with Crippen LogP contribution in [0.15, 0.2) is 89.3 Å². The highest BCUT2D eigenvalue weighted by molar-refractivity contribution is 6.28. The third-order valence-electron chi connectivity index (χ3n) is 5.76. The zero-order chi connectivity index (χ0) is 18.2. The zero-order valence-corrected chi connectivity index (χ0v) is 14.9. The summed E-state index contributed by atoms with van der Waals surface area (Å²) in [5.41, 5.74) is 6.13. The molecule has 0 aliphatic carbocycles. The van der Waals surface area contributed by atoms with Gasteiger partial charge in [0.1, 0.15) is 16.8 Å². The Bertz CT molecular complexity index is 1710. The first-order chi connectivity index (χ1) is 13.9. The molecule has 28 heavy (non-hydrogen) atoms. The van der Waals surface area contributed by atoms with Gasteiger partial charge in [0.05, 0.1) is 16.6 Å². The fourth-order valence-corrected chi connectivity index (χ4v) is 4.61. The summed E-state index contributed by atoms with van der Waals surface area (Å²) in [7, 11) is 0. The molecule has 0 saturated carbocycles.